The summed E-state index contributed by atoms with van der Waals surface area (Å²) in [4.78, 5) is 20.4. The fourth-order valence-corrected chi connectivity index (χ4v) is 2.52. The van der Waals surface area contributed by atoms with Crippen molar-refractivity contribution in [1.82, 2.24) is 9.97 Å². The van der Waals surface area contributed by atoms with Gasteiger partial charge in [0, 0.05) is 17.7 Å². The van der Waals surface area contributed by atoms with Crippen LogP contribution in [0, 0.1) is 6.92 Å². The van der Waals surface area contributed by atoms with Crippen LogP contribution in [0.15, 0.2) is 52.4 Å². The Bertz CT molecular complexity index is 806. The van der Waals surface area contributed by atoms with E-state index >= 15 is 0 Å². The Hall–Kier alpha value is -2.73. The van der Waals surface area contributed by atoms with Gasteiger partial charge in [0.1, 0.15) is 17.2 Å². The van der Waals surface area contributed by atoms with Crippen LogP contribution in [0.25, 0.3) is 17.5 Å². The molecule has 110 valence electrons. The van der Waals surface area contributed by atoms with E-state index in [0.29, 0.717) is 10.9 Å². The van der Waals surface area contributed by atoms with E-state index in [0.717, 1.165) is 17.1 Å². The summed E-state index contributed by atoms with van der Waals surface area (Å²) in [6, 6.07) is 9.27. The first-order valence-corrected chi connectivity index (χ1v) is 7.51. The lowest BCUT2D eigenvalue weighted by molar-refractivity contribution is -0.111. The number of aromatic nitrogens is 2. The van der Waals surface area contributed by atoms with Gasteiger partial charge >= 0.3 is 0 Å². The number of amides is 1. The maximum Gasteiger partial charge on any atom is 0.250 e. The SMILES string of the molecule is Cc1ccc(/C=C/C(=O)Nc2nc(-c3ccccn3)cs2)o1. The van der Waals surface area contributed by atoms with Crippen molar-refractivity contribution < 1.29 is 9.21 Å². The summed E-state index contributed by atoms with van der Waals surface area (Å²) in [5.41, 5.74) is 1.52. The Balaban J connectivity index is 1.65. The number of nitrogens with zero attached hydrogens (tertiary/aromatic N) is 2. The standard InChI is InChI=1S/C16H13N3O2S/c1-11-5-6-12(21-11)7-8-15(20)19-16-18-14(10-22-16)13-4-2-3-9-17-13/h2-10H,1H3,(H,18,19,20)/b8-7+. The molecule has 1 N–H and O–H groups in total. The van der Waals surface area contributed by atoms with Gasteiger partial charge in [-0.25, -0.2) is 4.98 Å². The molecule has 0 aliphatic carbocycles. The molecular formula is C16H13N3O2S. The molecule has 0 bridgehead atoms. The van der Waals surface area contributed by atoms with Crippen LogP contribution in [0.4, 0.5) is 5.13 Å². The van der Waals surface area contributed by atoms with Crippen LogP contribution in [0.2, 0.25) is 0 Å². The average Bonchev–Trinajstić information content (AvgIpc) is 3.15. The molecule has 6 heteroatoms. The highest BCUT2D eigenvalue weighted by Gasteiger charge is 2.07. The van der Waals surface area contributed by atoms with Gasteiger partial charge in [0.05, 0.1) is 5.69 Å². The highest BCUT2D eigenvalue weighted by atomic mass is 32.1. The second-order valence-electron chi connectivity index (χ2n) is 4.52. The molecule has 3 aromatic heterocycles. The van der Waals surface area contributed by atoms with Crippen molar-refractivity contribution >= 4 is 28.5 Å². The number of carbonyl (C=O) groups is 1. The summed E-state index contributed by atoms with van der Waals surface area (Å²) < 4.78 is 5.36. The van der Waals surface area contributed by atoms with E-state index in [1.54, 1.807) is 12.3 Å². The van der Waals surface area contributed by atoms with Gasteiger partial charge in [-0.2, -0.15) is 0 Å². The largest absolute Gasteiger partial charge is 0.462 e. The zero-order valence-corrected chi connectivity index (χ0v) is 12.6. The summed E-state index contributed by atoms with van der Waals surface area (Å²) in [6.45, 7) is 1.85. The minimum absolute atomic E-state index is 0.254. The number of hydrogen-bond donors (Lipinski definition) is 1. The van der Waals surface area contributed by atoms with Crippen molar-refractivity contribution in [2.75, 3.05) is 5.32 Å². The quantitative estimate of drug-likeness (QED) is 0.745. The zero-order valence-electron chi connectivity index (χ0n) is 11.8. The number of aryl methyl sites for hydroxylation is 1. The Labute approximate surface area is 131 Å². The number of pyridine rings is 1. The highest BCUT2D eigenvalue weighted by molar-refractivity contribution is 7.14. The third-order valence-corrected chi connectivity index (χ3v) is 3.58. The summed E-state index contributed by atoms with van der Waals surface area (Å²) in [6.07, 6.45) is 4.75. The fraction of sp³-hybridized carbons (Fsp3) is 0.0625. The van der Waals surface area contributed by atoms with Crippen molar-refractivity contribution in [2.24, 2.45) is 0 Å². The molecule has 0 radical (unpaired) electrons. The Morgan fingerprint density at radius 2 is 2.18 bits per heavy atom. The fourth-order valence-electron chi connectivity index (χ4n) is 1.81. The molecule has 0 spiro atoms. The van der Waals surface area contributed by atoms with E-state index in [9.17, 15) is 4.79 Å². The molecule has 0 aromatic carbocycles. The first-order valence-electron chi connectivity index (χ1n) is 6.63. The number of carbonyl (C=O) groups excluding carboxylic acids is 1. The lowest BCUT2D eigenvalue weighted by atomic mass is 10.3. The van der Waals surface area contributed by atoms with Gasteiger partial charge in [-0.3, -0.25) is 15.1 Å². The predicted molar refractivity (Wildman–Crippen MR) is 86.5 cm³/mol. The molecule has 0 aliphatic rings. The van der Waals surface area contributed by atoms with Gasteiger partial charge < -0.3 is 4.42 Å². The molecule has 22 heavy (non-hydrogen) atoms. The monoisotopic (exact) mass is 311 g/mol. The number of rotatable bonds is 4. The second-order valence-corrected chi connectivity index (χ2v) is 5.38. The molecular weight excluding hydrogens is 298 g/mol. The molecule has 0 fully saturated rings. The molecule has 1 amide bonds. The summed E-state index contributed by atoms with van der Waals surface area (Å²) >= 11 is 1.36. The molecule has 0 unspecified atom stereocenters. The van der Waals surface area contributed by atoms with E-state index in [1.807, 2.05) is 42.6 Å². The van der Waals surface area contributed by atoms with Crippen LogP contribution in [-0.4, -0.2) is 15.9 Å². The molecule has 0 aliphatic heterocycles. The predicted octanol–water partition coefficient (Wildman–Crippen LogP) is 3.76. The Kier molecular flexibility index (Phi) is 4.11. The van der Waals surface area contributed by atoms with Crippen molar-refractivity contribution in [2.45, 2.75) is 6.92 Å². The summed E-state index contributed by atoms with van der Waals surface area (Å²) in [7, 11) is 0. The van der Waals surface area contributed by atoms with Crippen LogP contribution >= 0.6 is 11.3 Å². The molecule has 0 atom stereocenters. The third kappa shape index (κ3) is 3.48. The van der Waals surface area contributed by atoms with E-state index in [4.69, 9.17) is 4.42 Å². The van der Waals surface area contributed by atoms with Crippen LogP contribution in [0.1, 0.15) is 11.5 Å². The van der Waals surface area contributed by atoms with Crippen LogP contribution in [0.3, 0.4) is 0 Å². The maximum atomic E-state index is 11.8. The van der Waals surface area contributed by atoms with Gasteiger partial charge in [0.15, 0.2) is 5.13 Å². The Morgan fingerprint density at radius 1 is 1.27 bits per heavy atom. The van der Waals surface area contributed by atoms with Crippen LogP contribution < -0.4 is 5.32 Å². The van der Waals surface area contributed by atoms with E-state index in [-0.39, 0.29) is 5.91 Å². The lowest BCUT2D eigenvalue weighted by Gasteiger charge is -1.96. The number of thiazole rings is 1. The highest BCUT2D eigenvalue weighted by Crippen LogP contribution is 2.23. The van der Waals surface area contributed by atoms with Gasteiger partial charge in [0.2, 0.25) is 5.91 Å². The second kappa shape index (κ2) is 6.36. The smallest absolute Gasteiger partial charge is 0.250 e. The van der Waals surface area contributed by atoms with Crippen molar-refractivity contribution in [1.29, 1.82) is 0 Å². The molecule has 0 saturated carbocycles. The van der Waals surface area contributed by atoms with Crippen molar-refractivity contribution in [3.8, 4) is 11.4 Å². The number of hydrogen-bond acceptors (Lipinski definition) is 5. The molecule has 3 aromatic rings. The van der Waals surface area contributed by atoms with Gasteiger partial charge in [0.25, 0.3) is 0 Å². The first-order chi connectivity index (χ1) is 10.7. The average molecular weight is 311 g/mol. The topological polar surface area (TPSA) is 68.0 Å². The Morgan fingerprint density at radius 3 is 2.91 bits per heavy atom. The van der Waals surface area contributed by atoms with Gasteiger partial charge in [-0.15, -0.1) is 11.3 Å². The lowest BCUT2D eigenvalue weighted by Crippen LogP contribution is -2.07. The molecule has 3 rings (SSSR count). The number of furan rings is 1. The number of nitrogens with one attached hydrogen (secondary N) is 1. The zero-order chi connectivity index (χ0) is 15.4. The van der Waals surface area contributed by atoms with Gasteiger partial charge in [-0.1, -0.05) is 6.07 Å². The summed E-state index contributed by atoms with van der Waals surface area (Å²) in [5, 5.41) is 5.11. The summed E-state index contributed by atoms with van der Waals surface area (Å²) in [5.74, 6) is 1.19. The van der Waals surface area contributed by atoms with Gasteiger partial charge in [-0.05, 0) is 37.3 Å². The van der Waals surface area contributed by atoms with E-state index in [2.05, 4.69) is 15.3 Å². The van der Waals surface area contributed by atoms with E-state index in [1.165, 1.54) is 17.4 Å². The molecule has 0 saturated heterocycles. The minimum Gasteiger partial charge on any atom is -0.462 e. The maximum absolute atomic E-state index is 11.8. The van der Waals surface area contributed by atoms with E-state index < -0.39 is 0 Å². The number of anilines is 1. The normalized spacial score (nSPS) is 11.0. The minimum atomic E-state index is -0.254. The molecule has 3 heterocycles. The first kappa shape index (κ1) is 14.2. The van der Waals surface area contributed by atoms with Crippen molar-refractivity contribution in [3.05, 3.63) is 59.5 Å². The van der Waals surface area contributed by atoms with Crippen LogP contribution in [0.5, 0.6) is 0 Å². The van der Waals surface area contributed by atoms with Crippen molar-refractivity contribution in [3.63, 3.8) is 0 Å². The third-order valence-electron chi connectivity index (χ3n) is 2.82. The van der Waals surface area contributed by atoms with Crippen LogP contribution in [-0.2, 0) is 4.79 Å². The molecule has 5 nitrogen and oxygen atoms in total.